The Balaban J connectivity index is 2.22. The van der Waals surface area contributed by atoms with Crippen molar-refractivity contribution in [2.75, 3.05) is 24.6 Å². The highest BCUT2D eigenvalue weighted by Gasteiger charge is 2.20. The first kappa shape index (κ1) is 11.7. The van der Waals surface area contributed by atoms with Crippen LogP contribution in [0.5, 0.6) is 5.75 Å². The van der Waals surface area contributed by atoms with E-state index in [2.05, 4.69) is 0 Å². The van der Waals surface area contributed by atoms with Crippen LogP contribution in [0.1, 0.15) is 6.92 Å². The first-order valence-electron chi connectivity index (χ1n) is 5.42. The molecule has 0 aliphatic carbocycles. The van der Waals surface area contributed by atoms with Gasteiger partial charge in [-0.3, -0.25) is 10.1 Å². The molecule has 0 saturated carbocycles. The van der Waals surface area contributed by atoms with Gasteiger partial charge in [-0.25, -0.2) is 0 Å². The van der Waals surface area contributed by atoms with E-state index >= 15 is 0 Å². The van der Waals surface area contributed by atoms with Gasteiger partial charge in [-0.05, 0) is 13.0 Å². The van der Waals surface area contributed by atoms with E-state index in [-0.39, 0.29) is 17.5 Å². The molecule has 1 aliphatic heterocycles. The summed E-state index contributed by atoms with van der Waals surface area (Å²) in [5, 5.41) is 20.1. The molecule has 92 valence electrons. The highest BCUT2D eigenvalue weighted by Crippen LogP contribution is 2.30. The number of ether oxygens (including phenoxy) is 1. The van der Waals surface area contributed by atoms with Gasteiger partial charge in [0.15, 0.2) is 5.75 Å². The van der Waals surface area contributed by atoms with Crippen LogP contribution < -0.4 is 4.90 Å². The Morgan fingerprint density at radius 2 is 2.35 bits per heavy atom. The van der Waals surface area contributed by atoms with Gasteiger partial charge in [0.1, 0.15) is 0 Å². The fourth-order valence-corrected chi connectivity index (χ4v) is 1.92. The average molecular weight is 238 g/mol. The zero-order valence-electron chi connectivity index (χ0n) is 9.50. The number of phenols is 1. The van der Waals surface area contributed by atoms with Gasteiger partial charge in [0.25, 0.3) is 0 Å². The summed E-state index contributed by atoms with van der Waals surface area (Å²) in [5.41, 5.74) is 0.512. The fourth-order valence-electron chi connectivity index (χ4n) is 1.92. The number of benzene rings is 1. The van der Waals surface area contributed by atoms with E-state index in [9.17, 15) is 15.2 Å². The molecule has 1 aromatic carbocycles. The molecule has 1 unspecified atom stereocenters. The van der Waals surface area contributed by atoms with Crippen molar-refractivity contribution < 1.29 is 14.8 Å². The smallest absolute Gasteiger partial charge is 0.310 e. The highest BCUT2D eigenvalue weighted by atomic mass is 16.6. The van der Waals surface area contributed by atoms with Crippen molar-refractivity contribution in [1.29, 1.82) is 0 Å². The molecular formula is C11H14N2O4. The van der Waals surface area contributed by atoms with Crippen LogP contribution in [-0.4, -0.2) is 35.8 Å². The van der Waals surface area contributed by atoms with Crippen LogP contribution in [0.15, 0.2) is 18.2 Å². The highest BCUT2D eigenvalue weighted by molar-refractivity contribution is 5.58. The lowest BCUT2D eigenvalue weighted by Gasteiger charge is -2.32. The summed E-state index contributed by atoms with van der Waals surface area (Å²) in [4.78, 5) is 12.0. The number of nitro benzene ring substituents is 1. The molecule has 0 radical (unpaired) electrons. The predicted molar refractivity (Wildman–Crippen MR) is 62.4 cm³/mol. The number of aromatic hydroxyl groups is 1. The molecule has 0 bridgehead atoms. The van der Waals surface area contributed by atoms with Crippen LogP contribution in [0.3, 0.4) is 0 Å². The van der Waals surface area contributed by atoms with Gasteiger partial charge in [0.05, 0.1) is 17.6 Å². The van der Waals surface area contributed by atoms with E-state index in [1.807, 2.05) is 11.8 Å². The van der Waals surface area contributed by atoms with Crippen LogP contribution in [0.25, 0.3) is 0 Å². The van der Waals surface area contributed by atoms with E-state index in [4.69, 9.17) is 4.74 Å². The van der Waals surface area contributed by atoms with Crippen molar-refractivity contribution in [3.05, 3.63) is 28.3 Å². The van der Waals surface area contributed by atoms with Crippen LogP contribution in [-0.2, 0) is 4.74 Å². The topological polar surface area (TPSA) is 75.8 Å². The van der Waals surface area contributed by atoms with E-state index in [0.717, 1.165) is 18.8 Å². The summed E-state index contributed by atoms with van der Waals surface area (Å²) in [5.74, 6) is -0.299. The zero-order chi connectivity index (χ0) is 12.4. The third-order valence-electron chi connectivity index (χ3n) is 2.76. The minimum atomic E-state index is -0.596. The van der Waals surface area contributed by atoms with Crippen LogP contribution >= 0.6 is 0 Å². The summed E-state index contributed by atoms with van der Waals surface area (Å²) in [6, 6.07) is 4.40. The Morgan fingerprint density at radius 1 is 1.59 bits per heavy atom. The third kappa shape index (κ3) is 2.47. The molecule has 1 saturated heterocycles. The molecule has 1 aliphatic rings. The molecular weight excluding hydrogens is 224 g/mol. The van der Waals surface area contributed by atoms with Crippen molar-refractivity contribution in [2.45, 2.75) is 13.0 Å². The Bertz CT molecular complexity index is 435. The monoisotopic (exact) mass is 238 g/mol. The molecule has 17 heavy (non-hydrogen) atoms. The summed E-state index contributed by atoms with van der Waals surface area (Å²) >= 11 is 0. The Hall–Kier alpha value is -1.82. The molecule has 2 rings (SSSR count). The summed E-state index contributed by atoms with van der Waals surface area (Å²) in [7, 11) is 0. The van der Waals surface area contributed by atoms with Crippen molar-refractivity contribution >= 4 is 11.4 Å². The van der Waals surface area contributed by atoms with Gasteiger partial charge >= 0.3 is 5.69 Å². The maximum absolute atomic E-state index is 10.6. The summed E-state index contributed by atoms with van der Waals surface area (Å²) in [6.07, 6.45) is 0.126. The van der Waals surface area contributed by atoms with Crippen molar-refractivity contribution in [3.8, 4) is 5.75 Å². The summed E-state index contributed by atoms with van der Waals surface area (Å²) < 4.78 is 5.41. The Morgan fingerprint density at radius 3 is 2.94 bits per heavy atom. The van der Waals surface area contributed by atoms with E-state index in [1.165, 1.54) is 12.1 Å². The third-order valence-corrected chi connectivity index (χ3v) is 2.76. The number of anilines is 1. The number of morpholine rings is 1. The molecule has 0 spiro atoms. The predicted octanol–water partition coefficient (Wildman–Crippen LogP) is 1.53. The average Bonchev–Trinajstić information content (AvgIpc) is 2.28. The molecule has 0 aromatic heterocycles. The maximum Gasteiger partial charge on any atom is 0.310 e. The first-order valence-corrected chi connectivity index (χ1v) is 5.42. The molecule has 1 aromatic rings. The van der Waals surface area contributed by atoms with Crippen molar-refractivity contribution in [1.82, 2.24) is 0 Å². The largest absolute Gasteiger partial charge is 0.502 e. The quantitative estimate of drug-likeness (QED) is 0.624. The first-order chi connectivity index (χ1) is 8.08. The lowest BCUT2D eigenvalue weighted by atomic mass is 10.2. The summed E-state index contributed by atoms with van der Waals surface area (Å²) in [6.45, 7) is 4.04. The van der Waals surface area contributed by atoms with Crippen molar-refractivity contribution in [2.24, 2.45) is 0 Å². The van der Waals surface area contributed by atoms with E-state index in [1.54, 1.807) is 6.07 Å². The molecule has 1 N–H and O–H groups in total. The number of hydrogen-bond acceptors (Lipinski definition) is 5. The van der Waals surface area contributed by atoms with E-state index in [0.29, 0.717) is 6.61 Å². The fraction of sp³-hybridized carbons (Fsp3) is 0.455. The minimum Gasteiger partial charge on any atom is -0.502 e. The second kappa shape index (κ2) is 4.58. The van der Waals surface area contributed by atoms with Crippen LogP contribution in [0.2, 0.25) is 0 Å². The van der Waals surface area contributed by atoms with Gasteiger partial charge in [0.2, 0.25) is 0 Å². The van der Waals surface area contributed by atoms with E-state index < -0.39 is 4.92 Å². The van der Waals surface area contributed by atoms with Crippen molar-refractivity contribution in [3.63, 3.8) is 0 Å². The lowest BCUT2D eigenvalue weighted by Crippen LogP contribution is -2.41. The lowest BCUT2D eigenvalue weighted by molar-refractivity contribution is -0.385. The maximum atomic E-state index is 10.6. The van der Waals surface area contributed by atoms with Gasteiger partial charge in [-0.2, -0.15) is 0 Å². The number of phenolic OH excluding ortho intramolecular Hbond substituents is 1. The number of nitro groups is 1. The minimum absolute atomic E-state index is 0.126. The normalized spacial score (nSPS) is 20.3. The molecule has 1 heterocycles. The molecule has 1 fully saturated rings. The molecule has 0 amide bonds. The second-order valence-electron chi connectivity index (χ2n) is 4.06. The van der Waals surface area contributed by atoms with Gasteiger partial charge in [-0.15, -0.1) is 0 Å². The van der Waals surface area contributed by atoms with Crippen LogP contribution in [0, 0.1) is 10.1 Å². The zero-order valence-corrected chi connectivity index (χ0v) is 9.50. The number of rotatable bonds is 2. The Kier molecular flexibility index (Phi) is 3.14. The SMILES string of the molecule is CC1CN(c2ccc([N+](=O)[O-])c(O)c2)CCO1. The van der Waals surface area contributed by atoms with Gasteiger partial charge < -0.3 is 14.7 Å². The number of nitrogens with zero attached hydrogens (tertiary/aromatic N) is 2. The van der Waals surface area contributed by atoms with Crippen LogP contribution in [0.4, 0.5) is 11.4 Å². The van der Waals surface area contributed by atoms with Gasteiger partial charge in [0, 0.05) is 30.9 Å². The molecule has 6 nitrogen and oxygen atoms in total. The Labute approximate surface area is 98.6 Å². The van der Waals surface area contributed by atoms with Gasteiger partial charge in [-0.1, -0.05) is 0 Å². The standard InChI is InChI=1S/C11H14N2O4/c1-8-7-12(4-5-17-8)9-2-3-10(13(15)16)11(14)6-9/h2-3,6,8,14H,4-5,7H2,1H3. The molecule has 6 heteroatoms. The number of hydrogen-bond donors (Lipinski definition) is 1. The second-order valence-corrected chi connectivity index (χ2v) is 4.06. The molecule has 1 atom stereocenters.